The Balaban J connectivity index is 2.05. The quantitative estimate of drug-likeness (QED) is 0.910. The van der Waals surface area contributed by atoms with Crippen LogP contribution in [0.2, 0.25) is 5.02 Å². The number of hydrogen-bond donors (Lipinski definition) is 2. The molecule has 0 bridgehead atoms. The summed E-state index contributed by atoms with van der Waals surface area (Å²) in [5.41, 5.74) is 3.99. The summed E-state index contributed by atoms with van der Waals surface area (Å²) in [5.74, 6) is -0.813. The molecule has 6 heteroatoms. The molecule has 21 heavy (non-hydrogen) atoms. The minimum absolute atomic E-state index is 0.0729. The Bertz CT molecular complexity index is 682. The number of benzene rings is 1. The van der Waals surface area contributed by atoms with Crippen molar-refractivity contribution >= 4 is 17.6 Å². The Labute approximate surface area is 127 Å². The molecule has 0 fully saturated rings. The van der Waals surface area contributed by atoms with Gasteiger partial charge in [-0.25, -0.2) is 0 Å². The Morgan fingerprint density at radius 1 is 1.43 bits per heavy atom. The third kappa shape index (κ3) is 2.80. The van der Waals surface area contributed by atoms with E-state index in [1.54, 1.807) is 0 Å². The molecule has 2 heterocycles. The molecular formula is C15H16ClN3O2. The van der Waals surface area contributed by atoms with E-state index in [1.165, 1.54) is 0 Å². The average molecular weight is 306 g/mol. The van der Waals surface area contributed by atoms with Gasteiger partial charge in [0.2, 0.25) is 0 Å². The van der Waals surface area contributed by atoms with Gasteiger partial charge >= 0.3 is 5.97 Å². The van der Waals surface area contributed by atoms with Crippen LogP contribution in [-0.4, -0.2) is 27.4 Å². The highest BCUT2D eigenvalue weighted by molar-refractivity contribution is 6.33. The summed E-state index contributed by atoms with van der Waals surface area (Å²) >= 11 is 6.27. The minimum atomic E-state index is -0.813. The Morgan fingerprint density at radius 2 is 2.24 bits per heavy atom. The standard InChI is InChI=1S/C15H16ClN3O2/c16-12-4-2-1-3-10(12)15-11-9-17-7-5-13(11)19(18-15)8-6-14(20)21/h1-4,17H,5-9H2,(H,20,21). The number of aromatic nitrogens is 2. The van der Waals surface area contributed by atoms with E-state index in [0.717, 1.165) is 42.0 Å². The molecule has 5 nitrogen and oxygen atoms in total. The molecule has 2 aromatic rings. The minimum Gasteiger partial charge on any atom is -0.481 e. The van der Waals surface area contributed by atoms with Gasteiger partial charge in [0.05, 0.1) is 23.7 Å². The number of carboxylic acid groups (broad SMARTS) is 1. The summed E-state index contributed by atoms with van der Waals surface area (Å²) in [6.07, 6.45) is 0.927. The lowest BCUT2D eigenvalue weighted by Gasteiger charge is -2.15. The fraction of sp³-hybridized carbons (Fsp3) is 0.333. The molecule has 0 spiro atoms. The molecule has 1 aromatic heterocycles. The lowest BCUT2D eigenvalue weighted by molar-refractivity contribution is -0.137. The van der Waals surface area contributed by atoms with Crippen LogP contribution in [0.15, 0.2) is 24.3 Å². The molecule has 0 radical (unpaired) electrons. The van der Waals surface area contributed by atoms with Crippen molar-refractivity contribution in [3.63, 3.8) is 0 Å². The van der Waals surface area contributed by atoms with Crippen LogP contribution in [-0.2, 0) is 24.3 Å². The van der Waals surface area contributed by atoms with Gasteiger partial charge < -0.3 is 10.4 Å². The molecule has 1 aromatic carbocycles. The van der Waals surface area contributed by atoms with Crippen LogP contribution in [0.5, 0.6) is 0 Å². The number of nitrogens with zero attached hydrogens (tertiary/aromatic N) is 2. The molecule has 0 atom stereocenters. The SMILES string of the molecule is O=C(O)CCn1nc(-c2ccccc2Cl)c2c1CCNC2. The summed E-state index contributed by atoms with van der Waals surface area (Å²) in [6.45, 7) is 2.01. The van der Waals surface area contributed by atoms with E-state index in [2.05, 4.69) is 10.4 Å². The van der Waals surface area contributed by atoms with Crippen molar-refractivity contribution in [2.75, 3.05) is 6.54 Å². The Morgan fingerprint density at radius 3 is 3.00 bits per heavy atom. The maximum atomic E-state index is 10.8. The third-order valence-corrected chi connectivity index (χ3v) is 4.00. The molecule has 2 N–H and O–H groups in total. The summed E-state index contributed by atoms with van der Waals surface area (Å²) in [6, 6.07) is 7.61. The van der Waals surface area contributed by atoms with Crippen molar-refractivity contribution in [1.29, 1.82) is 0 Å². The molecule has 0 saturated carbocycles. The largest absolute Gasteiger partial charge is 0.481 e. The highest BCUT2D eigenvalue weighted by atomic mass is 35.5. The number of rotatable bonds is 4. The second-order valence-corrected chi connectivity index (χ2v) is 5.45. The lowest BCUT2D eigenvalue weighted by atomic mass is 10.0. The number of halogens is 1. The van der Waals surface area contributed by atoms with E-state index in [1.807, 2.05) is 28.9 Å². The van der Waals surface area contributed by atoms with E-state index < -0.39 is 5.97 Å². The van der Waals surface area contributed by atoms with Gasteiger partial charge in [0.1, 0.15) is 0 Å². The molecule has 0 unspecified atom stereocenters. The zero-order valence-electron chi connectivity index (χ0n) is 11.5. The van der Waals surface area contributed by atoms with Crippen LogP contribution in [0.3, 0.4) is 0 Å². The zero-order chi connectivity index (χ0) is 14.8. The number of carboxylic acids is 1. The van der Waals surface area contributed by atoms with Crippen molar-refractivity contribution in [3.8, 4) is 11.3 Å². The maximum Gasteiger partial charge on any atom is 0.305 e. The van der Waals surface area contributed by atoms with E-state index in [0.29, 0.717) is 11.6 Å². The maximum absolute atomic E-state index is 10.8. The van der Waals surface area contributed by atoms with E-state index in [4.69, 9.17) is 16.7 Å². The van der Waals surface area contributed by atoms with E-state index in [9.17, 15) is 4.79 Å². The highest BCUT2D eigenvalue weighted by Crippen LogP contribution is 2.32. The van der Waals surface area contributed by atoms with Crippen LogP contribution < -0.4 is 5.32 Å². The number of fused-ring (bicyclic) bond motifs is 1. The molecule has 0 aliphatic carbocycles. The summed E-state index contributed by atoms with van der Waals surface area (Å²) in [4.78, 5) is 10.8. The first-order valence-electron chi connectivity index (χ1n) is 6.93. The van der Waals surface area contributed by atoms with Crippen molar-refractivity contribution in [2.45, 2.75) is 25.9 Å². The van der Waals surface area contributed by atoms with Crippen LogP contribution >= 0.6 is 11.6 Å². The number of aryl methyl sites for hydroxylation is 1. The first kappa shape index (κ1) is 14.1. The van der Waals surface area contributed by atoms with Crippen LogP contribution in [0.1, 0.15) is 17.7 Å². The molecule has 0 amide bonds. The number of aliphatic carboxylic acids is 1. The van der Waals surface area contributed by atoms with Crippen molar-refractivity contribution in [3.05, 3.63) is 40.5 Å². The normalized spacial score (nSPS) is 14.0. The van der Waals surface area contributed by atoms with E-state index >= 15 is 0 Å². The smallest absolute Gasteiger partial charge is 0.305 e. The third-order valence-electron chi connectivity index (χ3n) is 3.67. The molecule has 3 rings (SSSR count). The zero-order valence-corrected chi connectivity index (χ0v) is 12.2. The fourth-order valence-electron chi connectivity index (χ4n) is 2.68. The highest BCUT2D eigenvalue weighted by Gasteiger charge is 2.22. The summed E-state index contributed by atoms with van der Waals surface area (Å²) in [5, 5.41) is 17.5. The topological polar surface area (TPSA) is 67.1 Å². The summed E-state index contributed by atoms with van der Waals surface area (Å²) in [7, 11) is 0. The predicted octanol–water partition coefficient (Wildman–Crippen LogP) is 2.32. The molecule has 1 aliphatic heterocycles. The van der Waals surface area contributed by atoms with Gasteiger partial charge in [-0.3, -0.25) is 9.48 Å². The molecule has 0 saturated heterocycles. The Kier molecular flexibility index (Phi) is 3.94. The number of carbonyl (C=O) groups is 1. The first-order valence-corrected chi connectivity index (χ1v) is 7.30. The van der Waals surface area contributed by atoms with Crippen molar-refractivity contribution in [2.24, 2.45) is 0 Å². The van der Waals surface area contributed by atoms with Crippen LogP contribution in [0.4, 0.5) is 0 Å². The molecule has 110 valence electrons. The number of hydrogen-bond acceptors (Lipinski definition) is 3. The molecule has 1 aliphatic rings. The van der Waals surface area contributed by atoms with E-state index in [-0.39, 0.29) is 6.42 Å². The fourth-order valence-corrected chi connectivity index (χ4v) is 2.90. The van der Waals surface area contributed by atoms with Gasteiger partial charge in [-0.1, -0.05) is 29.8 Å². The van der Waals surface area contributed by atoms with Gasteiger partial charge in [-0.05, 0) is 6.07 Å². The van der Waals surface area contributed by atoms with Gasteiger partial charge in [0.15, 0.2) is 0 Å². The van der Waals surface area contributed by atoms with Gasteiger partial charge in [-0.2, -0.15) is 5.10 Å². The van der Waals surface area contributed by atoms with Crippen molar-refractivity contribution in [1.82, 2.24) is 15.1 Å². The first-order chi connectivity index (χ1) is 10.2. The van der Waals surface area contributed by atoms with Gasteiger partial charge in [-0.15, -0.1) is 0 Å². The second kappa shape index (κ2) is 5.87. The second-order valence-electron chi connectivity index (χ2n) is 5.05. The Hall–Kier alpha value is -1.85. The van der Waals surface area contributed by atoms with Gasteiger partial charge in [0, 0.05) is 36.3 Å². The monoisotopic (exact) mass is 305 g/mol. The van der Waals surface area contributed by atoms with Gasteiger partial charge in [0.25, 0.3) is 0 Å². The lowest BCUT2D eigenvalue weighted by Crippen LogP contribution is -2.25. The predicted molar refractivity (Wildman–Crippen MR) is 80.3 cm³/mol. The molecular weight excluding hydrogens is 290 g/mol. The summed E-state index contributed by atoms with van der Waals surface area (Å²) < 4.78 is 1.82. The van der Waals surface area contributed by atoms with Crippen LogP contribution in [0.25, 0.3) is 11.3 Å². The van der Waals surface area contributed by atoms with Crippen LogP contribution in [0, 0.1) is 0 Å². The number of nitrogens with one attached hydrogen (secondary N) is 1. The van der Waals surface area contributed by atoms with Crippen molar-refractivity contribution < 1.29 is 9.90 Å². The average Bonchev–Trinajstić information content (AvgIpc) is 2.84.